The van der Waals surface area contributed by atoms with Crippen LogP contribution in [0.1, 0.15) is 19.8 Å². The van der Waals surface area contributed by atoms with Crippen LogP contribution in [0.15, 0.2) is 12.2 Å². The lowest BCUT2D eigenvalue weighted by Crippen LogP contribution is -2.43. The normalized spacial score (nSPS) is 19.3. The number of carbonyl (C=O) groups is 1. The zero-order valence-corrected chi connectivity index (χ0v) is 7.55. The summed E-state index contributed by atoms with van der Waals surface area (Å²) in [6.07, 6.45) is 1.83. The molecule has 0 spiro atoms. The highest BCUT2D eigenvalue weighted by Gasteiger charge is 2.20. The third kappa shape index (κ3) is 2.08. The van der Waals surface area contributed by atoms with E-state index in [1.165, 1.54) is 0 Å². The zero-order valence-electron chi connectivity index (χ0n) is 7.55. The lowest BCUT2D eigenvalue weighted by atomic mass is 10.1. The van der Waals surface area contributed by atoms with Crippen molar-refractivity contribution in [3.8, 4) is 0 Å². The first kappa shape index (κ1) is 9.26. The molecule has 0 bridgehead atoms. The lowest BCUT2D eigenvalue weighted by molar-refractivity contribution is -0.128. The van der Waals surface area contributed by atoms with Gasteiger partial charge in [0.05, 0.1) is 0 Å². The average Bonchev–Trinajstić information content (AvgIpc) is 2.04. The highest BCUT2D eigenvalue weighted by atomic mass is 16.2. The fourth-order valence-electron chi connectivity index (χ4n) is 1.37. The molecule has 0 radical (unpaired) electrons. The molecular weight excluding hydrogens is 152 g/mol. The Labute approximate surface area is 73.2 Å². The molecule has 1 rings (SSSR count). The number of amides is 1. The molecule has 2 N–H and O–H groups in total. The lowest BCUT2D eigenvalue weighted by Gasteiger charge is -2.30. The standard InChI is InChI=1S/C9H16N2O/c1-7(2)9(12)11-5-3-8(10)4-6-11/h8H,1,3-6,10H2,2H3. The molecule has 1 amide bonds. The molecule has 1 aliphatic rings. The van der Waals surface area contributed by atoms with Crippen molar-refractivity contribution in [2.45, 2.75) is 25.8 Å². The number of nitrogens with two attached hydrogens (primary N) is 1. The predicted molar refractivity (Wildman–Crippen MR) is 48.6 cm³/mol. The van der Waals surface area contributed by atoms with Crippen molar-refractivity contribution >= 4 is 5.91 Å². The van der Waals surface area contributed by atoms with Crippen molar-refractivity contribution in [1.82, 2.24) is 4.90 Å². The Morgan fingerprint density at radius 2 is 2.00 bits per heavy atom. The van der Waals surface area contributed by atoms with E-state index in [9.17, 15) is 4.79 Å². The van der Waals surface area contributed by atoms with Crippen LogP contribution in [0.5, 0.6) is 0 Å². The molecular formula is C9H16N2O. The largest absolute Gasteiger partial charge is 0.339 e. The van der Waals surface area contributed by atoms with E-state index in [1.807, 2.05) is 4.90 Å². The number of hydrogen-bond donors (Lipinski definition) is 1. The van der Waals surface area contributed by atoms with Gasteiger partial charge in [-0.2, -0.15) is 0 Å². The Hall–Kier alpha value is -0.830. The highest BCUT2D eigenvalue weighted by Crippen LogP contribution is 2.10. The number of hydrogen-bond acceptors (Lipinski definition) is 2. The molecule has 0 aromatic carbocycles. The van der Waals surface area contributed by atoms with Crippen LogP contribution in [0.3, 0.4) is 0 Å². The first-order valence-electron chi connectivity index (χ1n) is 4.31. The molecule has 0 unspecified atom stereocenters. The van der Waals surface area contributed by atoms with Crippen LogP contribution in [-0.4, -0.2) is 29.9 Å². The van der Waals surface area contributed by atoms with Crippen molar-refractivity contribution in [2.75, 3.05) is 13.1 Å². The van der Waals surface area contributed by atoms with Crippen molar-refractivity contribution in [3.63, 3.8) is 0 Å². The fourth-order valence-corrected chi connectivity index (χ4v) is 1.37. The molecule has 0 saturated carbocycles. The van der Waals surface area contributed by atoms with Gasteiger partial charge in [0.2, 0.25) is 5.91 Å². The van der Waals surface area contributed by atoms with E-state index in [-0.39, 0.29) is 11.9 Å². The van der Waals surface area contributed by atoms with Gasteiger partial charge in [0.1, 0.15) is 0 Å². The van der Waals surface area contributed by atoms with E-state index in [0.717, 1.165) is 25.9 Å². The second-order valence-electron chi connectivity index (χ2n) is 3.41. The van der Waals surface area contributed by atoms with Crippen LogP contribution in [0.2, 0.25) is 0 Å². The number of carbonyl (C=O) groups excluding carboxylic acids is 1. The SMILES string of the molecule is C=C(C)C(=O)N1CCC(N)CC1. The summed E-state index contributed by atoms with van der Waals surface area (Å²) in [5.41, 5.74) is 6.33. The molecule has 0 aromatic heterocycles. The summed E-state index contributed by atoms with van der Waals surface area (Å²) in [5, 5.41) is 0. The molecule has 1 fully saturated rings. The van der Waals surface area contributed by atoms with Crippen LogP contribution in [0.25, 0.3) is 0 Å². The second kappa shape index (κ2) is 3.72. The molecule has 0 aliphatic carbocycles. The van der Waals surface area contributed by atoms with Crippen LogP contribution in [0, 0.1) is 0 Å². The summed E-state index contributed by atoms with van der Waals surface area (Å²) in [6, 6.07) is 0.277. The Kier molecular flexibility index (Phi) is 2.87. The second-order valence-corrected chi connectivity index (χ2v) is 3.41. The van der Waals surface area contributed by atoms with Gasteiger partial charge in [-0.1, -0.05) is 6.58 Å². The van der Waals surface area contributed by atoms with E-state index < -0.39 is 0 Å². The maximum Gasteiger partial charge on any atom is 0.248 e. The summed E-state index contributed by atoms with van der Waals surface area (Å²) in [6.45, 7) is 6.94. The molecule has 1 aliphatic heterocycles. The van der Waals surface area contributed by atoms with Gasteiger partial charge < -0.3 is 10.6 Å². The van der Waals surface area contributed by atoms with Crippen molar-refractivity contribution in [1.29, 1.82) is 0 Å². The summed E-state index contributed by atoms with van der Waals surface area (Å²) >= 11 is 0. The summed E-state index contributed by atoms with van der Waals surface area (Å²) in [7, 11) is 0. The Morgan fingerprint density at radius 3 is 2.42 bits per heavy atom. The molecule has 3 heteroatoms. The van der Waals surface area contributed by atoms with E-state index in [0.29, 0.717) is 5.57 Å². The molecule has 3 nitrogen and oxygen atoms in total. The molecule has 12 heavy (non-hydrogen) atoms. The zero-order chi connectivity index (χ0) is 9.14. The topological polar surface area (TPSA) is 46.3 Å². The van der Waals surface area contributed by atoms with Crippen LogP contribution in [0.4, 0.5) is 0 Å². The van der Waals surface area contributed by atoms with Gasteiger partial charge in [0, 0.05) is 24.7 Å². The van der Waals surface area contributed by atoms with Gasteiger partial charge in [-0.3, -0.25) is 4.79 Å². The smallest absolute Gasteiger partial charge is 0.248 e. The van der Waals surface area contributed by atoms with Gasteiger partial charge >= 0.3 is 0 Å². The van der Waals surface area contributed by atoms with Gasteiger partial charge in [-0.05, 0) is 19.8 Å². The Morgan fingerprint density at radius 1 is 1.50 bits per heavy atom. The number of piperidine rings is 1. The minimum atomic E-state index is 0.0712. The van der Waals surface area contributed by atoms with Gasteiger partial charge in [0.25, 0.3) is 0 Å². The minimum Gasteiger partial charge on any atom is -0.339 e. The van der Waals surface area contributed by atoms with Gasteiger partial charge in [0.15, 0.2) is 0 Å². The van der Waals surface area contributed by atoms with Crippen molar-refractivity contribution < 1.29 is 4.79 Å². The van der Waals surface area contributed by atoms with Gasteiger partial charge in [-0.15, -0.1) is 0 Å². The monoisotopic (exact) mass is 168 g/mol. The van der Waals surface area contributed by atoms with E-state index >= 15 is 0 Å². The number of rotatable bonds is 1. The molecule has 0 aromatic rings. The van der Waals surface area contributed by atoms with Crippen LogP contribution < -0.4 is 5.73 Å². The quantitative estimate of drug-likeness (QED) is 0.580. The summed E-state index contributed by atoms with van der Waals surface area (Å²) in [4.78, 5) is 13.2. The van der Waals surface area contributed by atoms with Crippen molar-refractivity contribution in [2.24, 2.45) is 5.73 Å². The molecule has 1 saturated heterocycles. The van der Waals surface area contributed by atoms with E-state index in [1.54, 1.807) is 6.92 Å². The van der Waals surface area contributed by atoms with E-state index in [4.69, 9.17) is 5.73 Å². The van der Waals surface area contributed by atoms with Crippen LogP contribution >= 0.6 is 0 Å². The first-order chi connectivity index (χ1) is 5.61. The Bertz CT molecular complexity index is 193. The molecule has 68 valence electrons. The molecule has 0 atom stereocenters. The fraction of sp³-hybridized carbons (Fsp3) is 0.667. The summed E-state index contributed by atoms with van der Waals surface area (Å²) < 4.78 is 0. The number of nitrogens with zero attached hydrogens (tertiary/aromatic N) is 1. The summed E-state index contributed by atoms with van der Waals surface area (Å²) in [5.74, 6) is 0.0712. The first-order valence-corrected chi connectivity index (χ1v) is 4.31. The Balaban J connectivity index is 2.44. The number of likely N-dealkylation sites (tertiary alicyclic amines) is 1. The van der Waals surface area contributed by atoms with Gasteiger partial charge in [-0.25, -0.2) is 0 Å². The average molecular weight is 168 g/mol. The maximum atomic E-state index is 11.4. The third-order valence-electron chi connectivity index (χ3n) is 2.19. The van der Waals surface area contributed by atoms with Crippen LogP contribution in [-0.2, 0) is 4.79 Å². The maximum absolute atomic E-state index is 11.4. The highest BCUT2D eigenvalue weighted by molar-refractivity contribution is 5.92. The van der Waals surface area contributed by atoms with Crippen molar-refractivity contribution in [3.05, 3.63) is 12.2 Å². The van der Waals surface area contributed by atoms with E-state index in [2.05, 4.69) is 6.58 Å². The predicted octanol–water partition coefficient (Wildman–Crippen LogP) is 0.512. The minimum absolute atomic E-state index is 0.0712. The molecule has 1 heterocycles. The third-order valence-corrected chi connectivity index (χ3v) is 2.19.